The summed E-state index contributed by atoms with van der Waals surface area (Å²) in [5.74, 6) is 0. The average molecular weight is 258 g/mol. The third-order valence-electron chi connectivity index (χ3n) is 2.64. The van der Waals surface area contributed by atoms with Gasteiger partial charge in [0.15, 0.2) is 0 Å². The van der Waals surface area contributed by atoms with Crippen LogP contribution in [0.1, 0.15) is 26.5 Å². The normalized spacial score (nSPS) is 11.4. The molecule has 0 radical (unpaired) electrons. The molecule has 0 aliphatic heterocycles. The summed E-state index contributed by atoms with van der Waals surface area (Å²) in [5.41, 5.74) is 1.16. The summed E-state index contributed by atoms with van der Waals surface area (Å²) in [5, 5.41) is 4.76. The van der Waals surface area contributed by atoms with Crippen molar-refractivity contribution in [1.29, 1.82) is 0 Å². The van der Waals surface area contributed by atoms with E-state index in [1.807, 2.05) is 52.0 Å². The van der Waals surface area contributed by atoms with Gasteiger partial charge in [0.2, 0.25) is 0 Å². The zero-order chi connectivity index (χ0) is 14.0. The first-order chi connectivity index (χ1) is 8.87. The Labute approximate surface area is 112 Å². The molecule has 0 aliphatic rings. The molecule has 1 amide bonds. The summed E-state index contributed by atoms with van der Waals surface area (Å²) >= 11 is 0. The Hall–Kier alpha value is -2.10. The van der Waals surface area contributed by atoms with Crippen molar-refractivity contribution in [3.8, 4) is 0 Å². The summed E-state index contributed by atoms with van der Waals surface area (Å²) in [4.78, 5) is 16.1. The summed E-state index contributed by atoms with van der Waals surface area (Å²) in [7, 11) is 0. The van der Waals surface area contributed by atoms with Gasteiger partial charge in [-0.05, 0) is 39.8 Å². The van der Waals surface area contributed by atoms with Gasteiger partial charge in [-0.25, -0.2) is 4.79 Å². The number of rotatable bonds is 1. The lowest BCUT2D eigenvalue weighted by Crippen LogP contribution is -2.27. The Morgan fingerprint density at radius 2 is 1.95 bits per heavy atom. The van der Waals surface area contributed by atoms with Gasteiger partial charge in [0.1, 0.15) is 5.60 Å². The van der Waals surface area contributed by atoms with Crippen molar-refractivity contribution in [3.63, 3.8) is 0 Å². The van der Waals surface area contributed by atoms with E-state index in [1.165, 1.54) is 0 Å². The van der Waals surface area contributed by atoms with Crippen LogP contribution >= 0.6 is 0 Å². The molecule has 1 aromatic heterocycles. The number of aromatic nitrogens is 1. The van der Waals surface area contributed by atoms with Crippen molar-refractivity contribution in [2.75, 3.05) is 5.32 Å². The highest BCUT2D eigenvalue weighted by molar-refractivity contribution is 6.00. The molecular formula is C15H18N2O2. The van der Waals surface area contributed by atoms with Gasteiger partial charge in [-0.3, -0.25) is 10.3 Å². The molecule has 19 heavy (non-hydrogen) atoms. The Bertz CT molecular complexity index is 615. The lowest BCUT2D eigenvalue weighted by atomic mass is 10.1. The van der Waals surface area contributed by atoms with Gasteiger partial charge in [-0.1, -0.05) is 12.1 Å². The maximum Gasteiger partial charge on any atom is 0.412 e. The number of carbonyl (C=O) groups is 1. The minimum Gasteiger partial charge on any atom is -0.444 e. The summed E-state index contributed by atoms with van der Waals surface area (Å²) in [6.07, 6.45) is 1.28. The van der Waals surface area contributed by atoms with Crippen LogP contribution in [0.25, 0.3) is 10.8 Å². The Morgan fingerprint density at radius 3 is 2.63 bits per heavy atom. The molecule has 1 N–H and O–H groups in total. The first kappa shape index (κ1) is 13.3. The first-order valence-electron chi connectivity index (χ1n) is 6.21. The molecule has 0 atom stereocenters. The minimum absolute atomic E-state index is 0.450. The number of fused-ring (bicyclic) bond motifs is 1. The number of aryl methyl sites for hydroxylation is 1. The van der Waals surface area contributed by atoms with E-state index in [1.54, 1.807) is 6.20 Å². The molecule has 1 aromatic carbocycles. The van der Waals surface area contributed by atoms with Crippen LogP contribution in [-0.4, -0.2) is 16.7 Å². The predicted octanol–water partition coefficient (Wildman–Crippen LogP) is 3.89. The van der Waals surface area contributed by atoms with E-state index in [0.717, 1.165) is 22.2 Å². The summed E-state index contributed by atoms with van der Waals surface area (Å²) in [6.45, 7) is 7.46. The molecule has 4 nitrogen and oxygen atoms in total. The van der Waals surface area contributed by atoms with Crippen LogP contribution < -0.4 is 5.32 Å². The number of benzene rings is 1. The maximum absolute atomic E-state index is 11.8. The van der Waals surface area contributed by atoms with Crippen LogP contribution in [0.5, 0.6) is 0 Å². The Morgan fingerprint density at radius 1 is 1.21 bits per heavy atom. The van der Waals surface area contributed by atoms with E-state index >= 15 is 0 Å². The highest BCUT2D eigenvalue weighted by atomic mass is 16.6. The molecule has 2 aromatic rings. The van der Waals surface area contributed by atoms with Crippen molar-refractivity contribution in [3.05, 3.63) is 36.2 Å². The fourth-order valence-corrected chi connectivity index (χ4v) is 1.88. The zero-order valence-electron chi connectivity index (χ0n) is 11.7. The van der Waals surface area contributed by atoms with Crippen molar-refractivity contribution in [1.82, 2.24) is 4.98 Å². The second-order valence-corrected chi connectivity index (χ2v) is 5.42. The molecule has 0 bridgehead atoms. The molecule has 0 unspecified atom stereocenters. The third-order valence-corrected chi connectivity index (χ3v) is 2.64. The summed E-state index contributed by atoms with van der Waals surface area (Å²) < 4.78 is 5.26. The minimum atomic E-state index is -0.508. The van der Waals surface area contributed by atoms with E-state index in [0.29, 0.717) is 0 Å². The van der Waals surface area contributed by atoms with Gasteiger partial charge in [0.05, 0.1) is 5.69 Å². The molecule has 4 heteroatoms. The van der Waals surface area contributed by atoms with E-state index in [9.17, 15) is 4.79 Å². The van der Waals surface area contributed by atoms with Gasteiger partial charge in [-0.2, -0.15) is 0 Å². The van der Waals surface area contributed by atoms with Crippen LogP contribution in [0.2, 0.25) is 0 Å². The van der Waals surface area contributed by atoms with Crippen LogP contribution in [0, 0.1) is 6.92 Å². The lowest BCUT2D eigenvalue weighted by molar-refractivity contribution is 0.0636. The number of pyridine rings is 1. The van der Waals surface area contributed by atoms with E-state index in [-0.39, 0.29) is 0 Å². The number of hydrogen-bond acceptors (Lipinski definition) is 3. The van der Waals surface area contributed by atoms with Gasteiger partial charge in [-0.15, -0.1) is 0 Å². The van der Waals surface area contributed by atoms with Crippen LogP contribution in [0.3, 0.4) is 0 Å². The van der Waals surface area contributed by atoms with Crippen molar-refractivity contribution >= 4 is 22.6 Å². The molecule has 2 rings (SSSR count). The first-order valence-corrected chi connectivity index (χ1v) is 6.21. The number of hydrogen-bond donors (Lipinski definition) is 1. The molecule has 1 heterocycles. The summed E-state index contributed by atoms with van der Waals surface area (Å²) in [6, 6.07) is 7.61. The Kier molecular flexibility index (Phi) is 3.42. The van der Waals surface area contributed by atoms with E-state index in [2.05, 4.69) is 10.3 Å². The van der Waals surface area contributed by atoms with Crippen LogP contribution in [0.15, 0.2) is 30.5 Å². The van der Waals surface area contributed by atoms with Crippen molar-refractivity contribution in [2.24, 2.45) is 0 Å². The molecule has 100 valence electrons. The highest BCUT2D eigenvalue weighted by Crippen LogP contribution is 2.25. The second-order valence-electron chi connectivity index (χ2n) is 5.42. The highest BCUT2D eigenvalue weighted by Gasteiger charge is 2.16. The smallest absolute Gasteiger partial charge is 0.412 e. The van der Waals surface area contributed by atoms with E-state index in [4.69, 9.17) is 4.74 Å². The average Bonchev–Trinajstić information content (AvgIpc) is 2.28. The number of nitrogens with one attached hydrogen (secondary N) is 1. The SMILES string of the molecule is Cc1nccc2c(NC(=O)OC(C)(C)C)cccc12. The van der Waals surface area contributed by atoms with Gasteiger partial charge >= 0.3 is 6.09 Å². The topological polar surface area (TPSA) is 51.2 Å². The molecule has 0 spiro atoms. The fraction of sp³-hybridized carbons (Fsp3) is 0.333. The maximum atomic E-state index is 11.8. The van der Waals surface area contributed by atoms with Crippen LogP contribution in [-0.2, 0) is 4.74 Å². The molecular weight excluding hydrogens is 240 g/mol. The number of ether oxygens (including phenoxy) is 1. The van der Waals surface area contributed by atoms with Crippen molar-refractivity contribution in [2.45, 2.75) is 33.3 Å². The largest absolute Gasteiger partial charge is 0.444 e. The van der Waals surface area contributed by atoms with E-state index < -0.39 is 11.7 Å². The van der Waals surface area contributed by atoms with Gasteiger partial charge < -0.3 is 4.74 Å². The lowest BCUT2D eigenvalue weighted by Gasteiger charge is -2.20. The van der Waals surface area contributed by atoms with Crippen molar-refractivity contribution < 1.29 is 9.53 Å². The number of amides is 1. The number of anilines is 1. The second kappa shape index (κ2) is 4.88. The standard InChI is InChI=1S/C15H18N2O2/c1-10-11-6-5-7-13(12(11)8-9-16-10)17-14(18)19-15(2,3)4/h5-9H,1-4H3,(H,17,18). The number of nitrogens with zero attached hydrogens (tertiary/aromatic N) is 1. The molecule has 0 fully saturated rings. The van der Waals surface area contributed by atoms with Gasteiger partial charge in [0.25, 0.3) is 0 Å². The molecule has 0 saturated carbocycles. The quantitative estimate of drug-likeness (QED) is 0.844. The predicted molar refractivity (Wildman–Crippen MR) is 76.3 cm³/mol. The monoisotopic (exact) mass is 258 g/mol. The zero-order valence-corrected chi connectivity index (χ0v) is 11.7. The number of carbonyl (C=O) groups excluding carboxylic acids is 1. The van der Waals surface area contributed by atoms with Crippen LogP contribution in [0.4, 0.5) is 10.5 Å². The third kappa shape index (κ3) is 3.22. The Balaban J connectivity index is 2.31. The molecule has 0 aliphatic carbocycles. The van der Waals surface area contributed by atoms with Gasteiger partial charge in [0, 0.05) is 22.7 Å². The molecule has 0 saturated heterocycles. The fourth-order valence-electron chi connectivity index (χ4n) is 1.88.